The lowest BCUT2D eigenvalue weighted by Crippen LogP contribution is -2.10. The number of hydrogen-bond acceptors (Lipinski definition) is 3. The second-order valence-electron chi connectivity index (χ2n) is 5.29. The first-order chi connectivity index (χ1) is 9.06. The maximum atomic E-state index is 8.63. The molecule has 0 unspecified atom stereocenters. The molecular formula is C16H26O3. The number of aliphatic hydroxyl groups is 1. The summed E-state index contributed by atoms with van der Waals surface area (Å²) < 4.78 is 11.0. The zero-order valence-electron chi connectivity index (χ0n) is 12.5. The van der Waals surface area contributed by atoms with E-state index in [1.165, 1.54) is 11.1 Å². The summed E-state index contributed by atoms with van der Waals surface area (Å²) in [7, 11) is 0. The molecule has 0 aromatic heterocycles. The standard InChI is InChI=1S/C16H26O3/c1-12(2)14-5-6-15(13(3)4)16(11-14)19-10-9-18-8-7-17/h5-6,11-13,17H,7-10H2,1-4H3. The predicted molar refractivity (Wildman–Crippen MR) is 78.0 cm³/mol. The summed E-state index contributed by atoms with van der Waals surface area (Å²) in [6.07, 6.45) is 0. The average molecular weight is 266 g/mol. The van der Waals surface area contributed by atoms with Crippen molar-refractivity contribution in [1.29, 1.82) is 0 Å². The van der Waals surface area contributed by atoms with Gasteiger partial charge in [-0.2, -0.15) is 0 Å². The Morgan fingerprint density at radius 1 is 1.00 bits per heavy atom. The van der Waals surface area contributed by atoms with Gasteiger partial charge in [0.05, 0.1) is 19.8 Å². The molecule has 0 saturated heterocycles. The van der Waals surface area contributed by atoms with Crippen LogP contribution in [0, 0.1) is 0 Å². The molecule has 3 heteroatoms. The zero-order valence-corrected chi connectivity index (χ0v) is 12.5. The highest BCUT2D eigenvalue weighted by molar-refractivity contribution is 5.40. The van der Waals surface area contributed by atoms with Gasteiger partial charge in [0.1, 0.15) is 12.4 Å². The maximum absolute atomic E-state index is 8.63. The van der Waals surface area contributed by atoms with E-state index >= 15 is 0 Å². The first kappa shape index (κ1) is 16.0. The van der Waals surface area contributed by atoms with Crippen LogP contribution in [0.5, 0.6) is 5.75 Å². The summed E-state index contributed by atoms with van der Waals surface area (Å²) in [4.78, 5) is 0. The minimum atomic E-state index is 0.0556. The summed E-state index contributed by atoms with van der Waals surface area (Å²) in [5, 5.41) is 8.63. The van der Waals surface area contributed by atoms with Gasteiger partial charge in [0.15, 0.2) is 0 Å². The molecule has 19 heavy (non-hydrogen) atoms. The van der Waals surface area contributed by atoms with E-state index in [0.29, 0.717) is 31.7 Å². The van der Waals surface area contributed by atoms with Crippen molar-refractivity contribution >= 4 is 0 Å². The maximum Gasteiger partial charge on any atom is 0.123 e. The van der Waals surface area contributed by atoms with E-state index in [1.54, 1.807) is 0 Å². The van der Waals surface area contributed by atoms with Crippen LogP contribution in [-0.2, 0) is 4.74 Å². The van der Waals surface area contributed by atoms with Crippen molar-refractivity contribution in [3.8, 4) is 5.75 Å². The van der Waals surface area contributed by atoms with Gasteiger partial charge >= 0.3 is 0 Å². The Labute approximate surface area is 116 Å². The highest BCUT2D eigenvalue weighted by Crippen LogP contribution is 2.30. The fraction of sp³-hybridized carbons (Fsp3) is 0.625. The van der Waals surface area contributed by atoms with Crippen LogP contribution in [0.15, 0.2) is 18.2 Å². The van der Waals surface area contributed by atoms with Crippen LogP contribution in [0.25, 0.3) is 0 Å². The zero-order chi connectivity index (χ0) is 14.3. The number of benzene rings is 1. The van der Waals surface area contributed by atoms with Crippen LogP contribution < -0.4 is 4.74 Å². The van der Waals surface area contributed by atoms with E-state index in [2.05, 4.69) is 45.9 Å². The quantitative estimate of drug-likeness (QED) is 0.734. The third-order valence-electron chi connectivity index (χ3n) is 3.05. The highest BCUT2D eigenvalue weighted by atomic mass is 16.5. The molecule has 0 aliphatic rings. The molecule has 108 valence electrons. The second kappa shape index (κ2) is 8.18. The van der Waals surface area contributed by atoms with Crippen molar-refractivity contribution < 1.29 is 14.6 Å². The summed E-state index contributed by atoms with van der Waals surface area (Å²) in [5.74, 6) is 1.89. The molecular weight excluding hydrogens is 240 g/mol. The SMILES string of the molecule is CC(C)c1ccc(C(C)C)c(OCCOCCO)c1. The van der Waals surface area contributed by atoms with Crippen LogP contribution in [0.1, 0.15) is 50.7 Å². The smallest absolute Gasteiger partial charge is 0.123 e. The van der Waals surface area contributed by atoms with Crippen LogP contribution in [-0.4, -0.2) is 31.5 Å². The normalized spacial score (nSPS) is 11.3. The van der Waals surface area contributed by atoms with Crippen molar-refractivity contribution in [3.63, 3.8) is 0 Å². The van der Waals surface area contributed by atoms with Crippen molar-refractivity contribution in [3.05, 3.63) is 29.3 Å². The van der Waals surface area contributed by atoms with Crippen molar-refractivity contribution in [2.45, 2.75) is 39.5 Å². The number of aliphatic hydroxyl groups excluding tert-OH is 1. The van der Waals surface area contributed by atoms with E-state index in [-0.39, 0.29) is 6.61 Å². The molecule has 0 amide bonds. The first-order valence-corrected chi connectivity index (χ1v) is 7.01. The van der Waals surface area contributed by atoms with Gasteiger partial charge in [-0.25, -0.2) is 0 Å². The van der Waals surface area contributed by atoms with Gasteiger partial charge in [-0.05, 0) is 29.0 Å². The van der Waals surface area contributed by atoms with E-state index in [1.807, 2.05) is 0 Å². The molecule has 1 aromatic carbocycles. The van der Waals surface area contributed by atoms with E-state index in [0.717, 1.165) is 5.75 Å². The number of hydrogen-bond donors (Lipinski definition) is 1. The lowest BCUT2D eigenvalue weighted by Gasteiger charge is -2.17. The number of ether oxygens (including phenoxy) is 2. The van der Waals surface area contributed by atoms with Gasteiger partial charge in [-0.3, -0.25) is 0 Å². The van der Waals surface area contributed by atoms with Crippen LogP contribution in [0.4, 0.5) is 0 Å². The molecule has 0 aliphatic heterocycles. The Morgan fingerprint density at radius 2 is 1.74 bits per heavy atom. The topological polar surface area (TPSA) is 38.7 Å². The molecule has 0 fully saturated rings. The molecule has 0 atom stereocenters. The highest BCUT2D eigenvalue weighted by Gasteiger charge is 2.10. The predicted octanol–water partition coefficient (Wildman–Crippen LogP) is 3.32. The van der Waals surface area contributed by atoms with Crippen LogP contribution in [0.3, 0.4) is 0 Å². The molecule has 0 radical (unpaired) electrons. The molecule has 1 aromatic rings. The summed E-state index contributed by atoms with van der Waals surface area (Å²) in [6.45, 7) is 10.1. The first-order valence-electron chi connectivity index (χ1n) is 7.01. The molecule has 0 aliphatic carbocycles. The minimum absolute atomic E-state index is 0.0556. The van der Waals surface area contributed by atoms with E-state index < -0.39 is 0 Å². The lowest BCUT2D eigenvalue weighted by molar-refractivity contribution is 0.0702. The largest absolute Gasteiger partial charge is 0.491 e. The molecule has 1 rings (SSSR count). The van der Waals surface area contributed by atoms with Crippen LogP contribution >= 0.6 is 0 Å². The Bertz CT molecular complexity index is 372. The summed E-state index contributed by atoms with van der Waals surface area (Å²) in [5.41, 5.74) is 2.52. The molecule has 0 heterocycles. The van der Waals surface area contributed by atoms with E-state index in [4.69, 9.17) is 14.6 Å². The molecule has 0 saturated carbocycles. The van der Waals surface area contributed by atoms with Gasteiger partial charge in [-0.15, -0.1) is 0 Å². The third-order valence-corrected chi connectivity index (χ3v) is 3.05. The number of rotatable bonds is 8. The lowest BCUT2D eigenvalue weighted by atomic mass is 9.96. The Balaban J connectivity index is 2.69. The van der Waals surface area contributed by atoms with Gasteiger partial charge < -0.3 is 14.6 Å². The molecule has 0 bridgehead atoms. The third kappa shape index (κ3) is 5.21. The van der Waals surface area contributed by atoms with Crippen molar-refractivity contribution in [2.75, 3.05) is 26.4 Å². The summed E-state index contributed by atoms with van der Waals surface area (Å²) in [6, 6.07) is 6.46. The second-order valence-corrected chi connectivity index (χ2v) is 5.29. The Kier molecular flexibility index (Phi) is 6.89. The fourth-order valence-electron chi connectivity index (χ4n) is 1.89. The summed E-state index contributed by atoms with van der Waals surface area (Å²) >= 11 is 0. The molecule has 0 spiro atoms. The average Bonchev–Trinajstić information content (AvgIpc) is 2.38. The molecule has 3 nitrogen and oxygen atoms in total. The van der Waals surface area contributed by atoms with Gasteiger partial charge in [0.25, 0.3) is 0 Å². The molecule has 1 N–H and O–H groups in total. The van der Waals surface area contributed by atoms with Crippen molar-refractivity contribution in [1.82, 2.24) is 0 Å². The Hall–Kier alpha value is -1.06. The Morgan fingerprint density at radius 3 is 2.32 bits per heavy atom. The van der Waals surface area contributed by atoms with Crippen molar-refractivity contribution in [2.24, 2.45) is 0 Å². The van der Waals surface area contributed by atoms with Gasteiger partial charge in [0.2, 0.25) is 0 Å². The van der Waals surface area contributed by atoms with Crippen LogP contribution in [0.2, 0.25) is 0 Å². The monoisotopic (exact) mass is 266 g/mol. The van der Waals surface area contributed by atoms with Gasteiger partial charge in [-0.1, -0.05) is 39.8 Å². The van der Waals surface area contributed by atoms with Gasteiger partial charge in [0, 0.05) is 0 Å². The fourth-order valence-corrected chi connectivity index (χ4v) is 1.89. The van der Waals surface area contributed by atoms with E-state index in [9.17, 15) is 0 Å². The minimum Gasteiger partial charge on any atom is -0.491 e.